The molecule has 4 rings (SSSR count). The molecule has 0 radical (unpaired) electrons. The summed E-state index contributed by atoms with van der Waals surface area (Å²) in [7, 11) is 0. The predicted octanol–water partition coefficient (Wildman–Crippen LogP) is 0.806. The minimum absolute atomic E-state index is 0.444. The summed E-state index contributed by atoms with van der Waals surface area (Å²) in [6.45, 7) is -0.444. The molecule has 5 N–H and O–H groups in total. The SMILES string of the molecule is OCC1OC(c2ccc3c(-c4nccs4)c[nH]c3c2)C(O)C(O)C1O. The lowest BCUT2D eigenvalue weighted by Crippen LogP contribution is -2.55. The normalized spacial score (nSPS) is 30.0. The van der Waals surface area contributed by atoms with Gasteiger partial charge in [-0.2, -0.15) is 0 Å². The van der Waals surface area contributed by atoms with E-state index in [9.17, 15) is 20.4 Å². The number of aromatic amines is 1. The molecule has 3 heterocycles. The van der Waals surface area contributed by atoms with Crippen LogP contribution >= 0.6 is 11.3 Å². The van der Waals surface area contributed by atoms with Crippen molar-refractivity contribution in [2.24, 2.45) is 0 Å². The van der Waals surface area contributed by atoms with Gasteiger partial charge in [-0.3, -0.25) is 0 Å². The van der Waals surface area contributed by atoms with E-state index in [2.05, 4.69) is 9.97 Å². The van der Waals surface area contributed by atoms with Crippen LogP contribution in [0.2, 0.25) is 0 Å². The summed E-state index contributed by atoms with van der Waals surface area (Å²) in [5.41, 5.74) is 2.49. The zero-order valence-electron chi connectivity index (χ0n) is 13.1. The molecule has 2 aromatic heterocycles. The van der Waals surface area contributed by atoms with Gasteiger partial charge in [-0.25, -0.2) is 4.98 Å². The standard InChI is InChI=1S/C17H18N2O5S/c20-7-12-13(21)14(22)15(23)16(24-12)8-1-2-9-10(6-19-11(9)5-8)17-18-3-4-25-17/h1-6,12-16,19-23H,7H2. The number of hydrogen-bond acceptors (Lipinski definition) is 7. The Kier molecular flexibility index (Phi) is 4.32. The van der Waals surface area contributed by atoms with Crippen LogP contribution in [0.5, 0.6) is 0 Å². The van der Waals surface area contributed by atoms with Crippen molar-refractivity contribution >= 4 is 22.2 Å². The number of fused-ring (bicyclic) bond motifs is 1. The number of aliphatic hydroxyl groups is 4. The van der Waals surface area contributed by atoms with Crippen molar-refractivity contribution < 1.29 is 25.2 Å². The van der Waals surface area contributed by atoms with Crippen LogP contribution in [0.4, 0.5) is 0 Å². The number of hydrogen-bond donors (Lipinski definition) is 5. The summed E-state index contributed by atoms with van der Waals surface area (Å²) in [6.07, 6.45) is -2.17. The molecule has 0 bridgehead atoms. The van der Waals surface area contributed by atoms with Gasteiger partial charge < -0.3 is 30.1 Å². The molecule has 132 valence electrons. The molecule has 25 heavy (non-hydrogen) atoms. The maximum absolute atomic E-state index is 10.3. The highest BCUT2D eigenvalue weighted by Crippen LogP contribution is 2.36. The van der Waals surface area contributed by atoms with Crippen LogP contribution in [0.3, 0.4) is 0 Å². The third-order valence-electron chi connectivity index (χ3n) is 4.59. The van der Waals surface area contributed by atoms with Crippen LogP contribution in [0, 0.1) is 0 Å². The van der Waals surface area contributed by atoms with Crippen molar-refractivity contribution in [2.75, 3.05) is 6.61 Å². The fourth-order valence-corrected chi connectivity index (χ4v) is 3.90. The molecular weight excluding hydrogens is 344 g/mol. The van der Waals surface area contributed by atoms with Crippen LogP contribution in [-0.4, -0.2) is 61.4 Å². The molecule has 1 fully saturated rings. The molecule has 1 saturated heterocycles. The van der Waals surface area contributed by atoms with Crippen molar-refractivity contribution in [3.63, 3.8) is 0 Å². The van der Waals surface area contributed by atoms with Gasteiger partial charge in [0.25, 0.3) is 0 Å². The molecule has 1 aromatic carbocycles. The van der Waals surface area contributed by atoms with Crippen LogP contribution in [0.25, 0.3) is 21.5 Å². The van der Waals surface area contributed by atoms with E-state index in [1.54, 1.807) is 23.6 Å². The summed E-state index contributed by atoms with van der Waals surface area (Å²) >= 11 is 1.55. The van der Waals surface area contributed by atoms with E-state index >= 15 is 0 Å². The lowest BCUT2D eigenvalue weighted by molar-refractivity contribution is -0.231. The first-order chi connectivity index (χ1) is 12.1. The fourth-order valence-electron chi connectivity index (χ4n) is 3.23. The number of thiazole rings is 1. The Morgan fingerprint density at radius 3 is 2.72 bits per heavy atom. The summed E-state index contributed by atoms with van der Waals surface area (Å²) < 4.78 is 5.61. The average molecular weight is 362 g/mol. The number of aliphatic hydroxyl groups excluding tert-OH is 4. The van der Waals surface area contributed by atoms with Crippen molar-refractivity contribution in [1.29, 1.82) is 0 Å². The van der Waals surface area contributed by atoms with E-state index < -0.39 is 37.1 Å². The Morgan fingerprint density at radius 2 is 2.00 bits per heavy atom. The van der Waals surface area contributed by atoms with Crippen molar-refractivity contribution in [3.8, 4) is 10.6 Å². The first-order valence-electron chi connectivity index (χ1n) is 7.91. The Labute approximate surface area is 147 Å². The minimum atomic E-state index is -1.39. The molecule has 8 heteroatoms. The van der Waals surface area contributed by atoms with Gasteiger partial charge in [0, 0.05) is 34.2 Å². The first kappa shape index (κ1) is 16.6. The van der Waals surface area contributed by atoms with Crippen LogP contribution < -0.4 is 0 Å². The number of H-pyrrole nitrogens is 1. The van der Waals surface area contributed by atoms with E-state index in [0.717, 1.165) is 21.5 Å². The zero-order valence-corrected chi connectivity index (χ0v) is 13.9. The van der Waals surface area contributed by atoms with Gasteiger partial charge in [-0.05, 0) is 11.6 Å². The van der Waals surface area contributed by atoms with E-state index in [1.807, 2.05) is 23.7 Å². The molecule has 1 aliphatic rings. The predicted molar refractivity (Wildman–Crippen MR) is 92.1 cm³/mol. The molecule has 7 nitrogen and oxygen atoms in total. The Morgan fingerprint density at radius 1 is 1.16 bits per heavy atom. The maximum atomic E-state index is 10.3. The molecule has 0 spiro atoms. The smallest absolute Gasteiger partial charge is 0.125 e. The topological polar surface area (TPSA) is 119 Å². The molecule has 0 saturated carbocycles. The van der Waals surface area contributed by atoms with Gasteiger partial charge in [0.15, 0.2) is 0 Å². The molecule has 0 amide bonds. The Hall–Kier alpha value is -1.81. The minimum Gasteiger partial charge on any atom is -0.394 e. The zero-order chi connectivity index (χ0) is 17.6. The fraction of sp³-hybridized carbons (Fsp3) is 0.353. The highest BCUT2D eigenvalue weighted by molar-refractivity contribution is 7.13. The highest BCUT2D eigenvalue weighted by Gasteiger charge is 2.43. The van der Waals surface area contributed by atoms with Crippen molar-refractivity contribution in [3.05, 3.63) is 41.5 Å². The van der Waals surface area contributed by atoms with Crippen LogP contribution in [0.15, 0.2) is 36.0 Å². The number of nitrogens with one attached hydrogen (secondary N) is 1. The van der Waals surface area contributed by atoms with E-state index in [4.69, 9.17) is 4.74 Å². The lowest BCUT2D eigenvalue weighted by Gasteiger charge is -2.40. The Bertz CT molecular complexity index is 863. The number of nitrogens with zero attached hydrogens (tertiary/aromatic N) is 1. The van der Waals surface area contributed by atoms with Crippen LogP contribution in [0.1, 0.15) is 11.7 Å². The van der Waals surface area contributed by atoms with Crippen molar-refractivity contribution in [2.45, 2.75) is 30.5 Å². The largest absolute Gasteiger partial charge is 0.394 e. The Balaban J connectivity index is 1.70. The molecule has 5 atom stereocenters. The van der Waals surface area contributed by atoms with E-state index in [0.29, 0.717) is 5.56 Å². The monoisotopic (exact) mass is 362 g/mol. The van der Waals surface area contributed by atoms with Gasteiger partial charge in [0.1, 0.15) is 35.5 Å². The van der Waals surface area contributed by atoms with E-state index in [-0.39, 0.29) is 0 Å². The molecule has 1 aliphatic heterocycles. The summed E-state index contributed by atoms with van der Waals surface area (Å²) in [5.74, 6) is 0. The lowest BCUT2D eigenvalue weighted by atomic mass is 9.91. The second kappa shape index (κ2) is 6.49. The van der Waals surface area contributed by atoms with Gasteiger partial charge in [-0.1, -0.05) is 12.1 Å². The third kappa shape index (κ3) is 2.77. The van der Waals surface area contributed by atoms with Crippen LogP contribution in [-0.2, 0) is 4.74 Å². The second-order valence-electron chi connectivity index (χ2n) is 6.09. The van der Waals surface area contributed by atoms with Gasteiger partial charge >= 0.3 is 0 Å². The molecule has 0 aliphatic carbocycles. The molecule has 3 aromatic rings. The summed E-state index contributed by atoms with van der Waals surface area (Å²) in [6, 6.07) is 5.54. The number of ether oxygens (including phenoxy) is 1. The van der Waals surface area contributed by atoms with Gasteiger partial charge in [0.05, 0.1) is 6.61 Å². The quantitative estimate of drug-likeness (QED) is 0.470. The maximum Gasteiger partial charge on any atom is 0.125 e. The summed E-state index contributed by atoms with van der Waals surface area (Å²) in [4.78, 5) is 7.50. The highest BCUT2D eigenvalue weighted by atomic mass is 32.1. The second-order valence-corrected chi connectivity index (χ2v) is 6.99. The molecule has 5 unspecified atom stereocenters. The summed E-state index contributed by atoms with van der Waals surface area (Å²) in [5, 5.41) is 43.3. The average Bonchev–Trinajstić information content (AvgIpc) is 3.28. The third-order valence-corrected chi connectivity index (χ3v) is 5.40. The van der Waals surface area contributed by atoms with Gasteiger partial charge in [0.2, 0.25) is 0 Å². The molecular formula is C17H18N2O5S. The number of benzene rings is 1. The van der Waals surface area contributed by atoms with Gasteiger partial charge in [-0.15, -0.1) is 11.3 Å². The number of aromatic nitrogens is 2. The van der Waals surface area contributed by atoms with E-state index in [1.165, 1.54) is 0 Å². The van der Waals surface area contributed by atoms with Crippen molar-refractivity contribution in [1.82, 2.24) is 9.97 Å². The first-order valence-corrected chi connectivity index (χ1v) is 8.79. The number of rotatable bonds is 3.